The van der Waals surface area contributed by atoms with Crippen LogP contribution in [0.3, 0.4) is 0 Å². The van der Waals surface area contributed by atoms with Crippen molar-refractivity contribution in [1.29, 1.82) is 0 Å². The maximum absolute atomic E-state index is 13.1. The van der Waals surface area contributed by atoms with Gasteiger partial charge >= 0.3 is 0 Å². The molecule has 3 aromatic carbocycles. The van der Waals surface area contributed by atoms with E-state index in [2.05, 4.69) is 10.3 Å². The molecule has 1 aliphatic rings. The van der Waals surface area contributed by atoms with Crippen molar-refractivity contribution in [3.8, 4) is 11.3 Å². The molecule has 1 aromatic heterocycles. The minimum absolute atomic E-state index is 0.180. The quantitative estimate of drug-likeness (QED) is 0.422. The third kappa shape index (κ3) is 4.52. The number of anilines is 1. The van der Waals surface area contributed by atoms with Crippen LogP contribution in [-0.4, -0.2) is 30.2 Å². The lowest BCUT2D eigenvalue weighted by Crippen LogP contribution is -2.35. The molecule has 8 heteroatoms. The summed E-state index contributed by atoms with van der Waals surface area (Å²) >= 11 is 1.35. The van der Waals surface area contributed by atoms with Crippen LogP contribution in [0.2, 0.25) is 0 Å². The Morgan fingerprint density at radius 3 is 2.41 bits per heavy atom. The third-order valence-corrected chi connectivity index (χ3v) is 8.54. The van der Waals surface area contributed by atoms with Gasteiger partial charge in [-0.2, -0.15) is 4.31 Å². The fourth-order valence-electron chi connectivity index (χ4n) is 3.96. The van der Waals surface area contributed by atoms with Crippen molar-refractivity contribution >= 4 is 32.4 Å². The molecule has 172 valence electrons. The number of benzene rings is 3. The van der Waals surface area contributed by atoms with Gasteiger partial charge in [0.05, 0.1) is 10.6 Å². The Kier molecular flexibility index (Phi) is 6.03. The number of nitrogens with zero attached hydrogens (tertiary/aromatic N) is 2. The number of hydrogen-bond donors (Lipinski definition) is 1. The van der Waals surface area contributed by atoms with Gasteiger partial charge in [0.2, 0.25) is 10.0 Å². The van der Waals surface area contributed by atoms with E-state index < -0.39 is 10.0 Å². The third-order valence-electron chi connectivity index (χ3n) is 5.92. The van der Waals surface area contributed by atoms with Crippen LogP contribution in [-0.2, 0) is 23.0 Å². The molecule has 34 heavy (non-hydrogen) atoms. The highest BCUT2D eigenvalue weighted by atomic mass is 32.2. The molecule has 6 nitrogen and oxygen atoms in total. The molecule has 0 bridgehead atoms. The molecule has 0 saturated heterocycles. The molecule has 5 rings (SSSR count). The molecule has 1 amide bonds. The summed E-state index contributed by atoms with van der Waals surface area (Å²) in [6.07, 6.45) is 0.689. The number of carbonyl (C=O) groups is 1. The normalized spacial score (nSPS) is 13.9. The Balaban J connectivity index is 1.28. The Labute approximate surface area is 203 Å². The summed E-state index contributed by atoms with van der Waals surface area (Å²) in [7, 11) is -3.65. The van der Waals surface area contributed by atoms with E-state index >= 15 is 0 Å². The molecule has 2 heterocycles. The maximum Gasteiger partial charge on any atom is 0.257 e. The molecule has 0 fully saturated rings. The summed E-state index contributed by atoms with van der Waals surface area (Å²) < 4.78 is 27.8. The summed E-state index contributed by atoms with van der Waals surface area (Å²) in [4.78, 5) is 17.4. The molecule has 0 unspecified atom stereocenters. The molecular formula is C26H23N3O3S2. The second-order valence-corrected chi connectivity index (χ2v) is 11.0. The van der Waals surface area contributed by atoms with E-state index in [1.807, 2.05) is 60.8 Å². The molecule has 1 N–H and O–H groups in total. The average Bonchev–Trinajstić information content (AvgIpc) is 3.32. The summed E-state index contributed by atoms with van der Waals surface area (Å²) in [6.45, 7) is 2.82. The SMILES string of the molecule is Cc1ccc(-c2csc(NC(=O)c3ccc(S(=O)(=O)N4CCc5ccccc5C4)cc3)n2)cc1. The van der Waals surface area contributed by atoms with E-state index in [9.17, 15) is 13.2 Å². The number of nitrogens with one attached hydrogen (secondary N) is 1. The predicted molar refractivity (Wildman–Crippen MR) is 134 cm³/mol. The van der Waals surface area contributed by atoms with Crippen LogP contribution < -0.4 is 5.32 Å². The Morgan fingerprint density at radius 2 is 1.68 bits per heavy atom. The standard InChI is InChI=1S/C26H23N3O3S2/c1-18-6-8-20(9-7-18)24-17-33-26(27-24)28-25(30)21-10-12-23(13-11-21)34(31,32)29-15-14-19-4-2-3-5-22(19)16-29/h2-13,17H,14-16H2,1H3,(H,27,28,30). The van der Waals surface area contributed by atoms with Crippen LogP contribution >= 0.6 is 11.3 Å². The minimum atomic E-state index is -3.65. The number of carbonyl (C=O) groups excluding carboxylic acids is 1. The second-order valence-electron chi connectivity index (χ2n) is 8.24. The number of amides is 1. The lowest BCUT2D eigenvalue weighted by atomic mass is 10.0. The molecule has 0 aliphatic carbocycles. The van der Waals surface area contributed by atoms with Gasteiger partial charge in [0.1, 0.15) is 0 Å². The van der Waals surface area contributed by atoms with Gasteiger partial charge in [-0.3, -0.25) is 10.1 Å². The second kappa shape index (κ2) is 9.13. The molecular weight excluding hydrogens is 466 g/mol. The van der Waals surface area contributed by atoms with Crippen molar-refractivity contribution in [3.63, 3.8) is 0 Å². The number of fused-ring (bicyclic) bond motifs is 1. The first-order valence-corrected chi connectivity index (χ1v) is 13.2. The van der Waals surface area contributed by atoms with Crippen molar-refractivity contribution < 1.29 is 13.2 Å². The van der Waals surface area contributed by atoms with Gasteiger partial charge in [0.15, 0.2) is 5.13 Å². The van der Waals surface area contributed by atoms with E-state index in [0.717, 1.165) is 16.8 Å². The van der Waals surface area contributed by atoms with Crippen molar-refractivity contribution in [3.05, 3.63) is 100 Å². The summed E-state index contributed by atoms with van der Waals surface area (Å²) in [5.74, 6) is -0.333. The van der Waals surface area contributed by atoms with Crippen LogP contribution in [0.15, 0.2) is 83.1 Å². The van der Waals surface area contributed by atoms with E-state index in [0.29, 0.717) is 30.2 Å². The van der Waals surface area contributed by atoms with E-state index in [-0.39, 0.29) is 10.8 Å². The van der Waals surface area contributed by atoms with E-state index in [1.54, 1.807) is 0 Å². The fraction of sp³-hybridized carbons (Fsp3) is 0.154. The first-order chi connectivity index (χ1) is 16.4. The largest absolute Gasteiger partial charge is 0.298 e. The fourth-order valence-corrected chi connectivity index (χ4v) is 6.09. The van der Waals surface area contributed by atoms with Crippen molar-refractivity contribution in [2.75, 3.05) is 11.9 Å². The minimum Gasteiger partial charge on any atom is -0.298 e. The van der Waals surface area contributed by atoms with Crippen LogP contribution in [0.1, 0.15) is 27.0 Å². The highest BCUT2D eigenvalue weighted by molar-refractivity contribution is 7.89. The average molecular weight is 490 g/mol. The van der Waals surface area contributed by atoms with Gasteiger partial charge in [0, 0.05) is 29.6 Å². The van der Waals surface area contributed by atoms with Crippen molar-refractivity contribution in [2.45, 2.75) is 24.8 Å². The number of hydrogen-bond acceptors (Lipinski definition) is 5. The van der Waals surface area contributed by atoms with E-state index in [4.69, 9.17) is 0 Å². The first kappa shape index (κ1) is 22.5. The lowest BCUT2D eigenvalue weighted by Gasteiger charge is -2.28. The summed E-state index contributed by atoms with van der Waals surface area (Å²) in [5, 5.41) is 5.19. The smallest absolute Gasteiger partial charge is 0.257 e. The summed E-state index contributed by atoms with van der Waals surface area (Å²) in [6, 6.07) is 22.0. The van der Waals surface area contributed by atoms with Crippen molar-refractivity contribution in [2.24, 2.45) is 0 Å². The zero-order chi connectivity index (χ0) is 23.7. The van der Waals surface area contributed by atoms with Gasteiger partial charge in [-0.1, -0.05) is 54.1 Å². The van der Waals surface area contributed by atoms with Crippen molar-refractivity contribution in [1.82, 2.24) is 9.29 Å². The lowest BCUT2D eigenvalue weighted by molar-refractivity contribution is 0.102. The number of rotatable bonds is 5. The number of aromatic nitrogens is 1. The Bertz CT molecular complexity index is 1440. The zero-order valence-corrected chi connectivity index (χ0v) is 20.2. The summed E-state index contributed by atoms with van der Waals surface area (Å²) in [5.41, 5.74) is 5.54. The van der Waals surface area contributed by atoms with Gasteiger partial charge in [0.25, 0.3) is 5.91 Å². The molecule has 1 aliphatic heterocycles. The molecule has 0 atom stereocenters. The zero-order valence-electron chi connectivity index (χ0n) is 18.6. The predicted octanol–water partition coefficient (Wildman–Crippen LogP) is 5.12. The monoisotopic (exact) mass is 489 g/mol. The van der Waals surface area contributed by atoms with Crippen LogP contribution in [0.25, 0.3) is 11.3 Å². The van der Waals surface area contributed by atoms with Crippen LogP contribution in [0.5, 0.6) is 0 Å². The topological polar surface area (TPSA) is 79.4 Å². The maximum atomic E-state index is 13.1. The number of sulfonamides is 1. The molecule has 0 radical (unpaired) electrons. The Morgan fingerprint density at radius 1 is 0.971 bits per heavy atom. The highest BCUT2D eigenvalue weighted by Gasteiger charge is 2.28. The van der Waals surface area contributed by atoms with Gasteiger partial charge < -0.3 is 0 Å². The molecule has 0 saturated carbocycles. The first-order valence-electron chi connectivity index (χ1n) is 10.9. The van der Waals surface area contributed by atoms with Gasteiger partial charge in [-0.05, 0) is 48.7 Å². The number of thiazole rings is 1. The van der Waals surface area contributed by atoms with Gasteiger partial charge in [-0.15, -0.1) is 11.3 Å². The molecule has 4 aromatic rings. The van der Waals surface area contributed by atoms with Gasteiger partial charge in [-0.25, -0.2) is 13.4 Å². The van der Waals surface area contributed by atoms with Crippen LogP contribution in [0.4, 0.5) is 5.13 Å². The van der Waals surface area contributed by atoms with Crippen LogP contribution in [0, 0.1) is 6.92 Å². The van der Waals surface area contributed by atoms with E-state index in [1.165, 1.54) is 51.0 Å². The Hall–Kier alpha value is -3.33. The number of aryl methyl sites for hydroxylation is 1. The highest BCUT2D eigenvalue weighted by Crippen LogP contribution is 2.27. The molecule has 0 spiro atoms.